The van der Waals surface area contributed by atoms with Crippen molar-refractivity contribution in [2.75, 3.05) is 11.4 Å². The van der Waals surface area contributed by atoms with E-state index in [1.54, 1.807) is 6.08 Å². The molecule has 2 rings (SSSR count). The fourth-order valence-corrected chi connectivity index (χ4v) is 3.17. The molecule has 1 fully saturated rings. The van der Waals surface area contributed by atoms with Crippen molar-refractivity contribution in [2.24, 2.45) is 0 Å². The molecule has 0 aliphatic heterocycles. The molecule has 1 saturated carbocycles. The Morgan fingerprint density at radius 1 is 1.45 bits per heavy atom. The second-order valence-corrected chi connectivity index (χ2v) is 5.51. The quantitative estimate of drug-likeness (QED) is 0.827. The molecule has 0 spiro atoms. The third kappa shape index (κ3) is 3.54. The number of carboxylic acid groups (broad SMARTS) is 1. The molecule has 1 aliphatic carbocycles. The SMILES string of the molecule is CCN(c1ccc(/C=C/C(=O)O)cc1Cl)C1CCCC1. The number of hydrogen-bond acceptors (Lipinski definition) is 2. The molecular weight excluding hydrogens is 274 g/mol. The Balaban J connectivity index is 2.21. The molecule has 0 aromatic heterocycles. The topological polar surface area (TPSA) is 40.5 Å². The van der Waals surface area contributed by atoms with Gasteiger partial charge in [0.1, 0.15) is 0 Å². The first-order valence-electron chi connectivity index (χ1n) is 7.09. The number of carboxylic acids is 1. The summed E-state index contributed by atoms with van der Waals surface area (Å²) >= 11 is 6.37. The third-order valence-corrected chi connectivity index (χ3v) is 4.11. The molecule has 1 N–H and O–H groups in total. The van der Waals surface area contributed by atoms with Gasteiger partial charge in [-0.2, -0.15) is 0 Å². The van der Waals surface area contributed by atoms with Crippen LogP contribution in [-0.2, 0) is 4.79 Å². The average molecular weight is 294 g/mol. The van der Waals surface area contributed by atoms with Gasteiger partial charge in [0.25, 0.3) is 0 Å². The Hall–Kier alpha value is -1.48. The smallest absolute Gasteiger partial charge is 0.328 e. The van der Waals surface area contributed by atoms with E-state index in [4.69, 9.17) is 16.7 Å². The third-order valence-electron chi connectivity index (χ3n) is 3.81. The number of carbonyl (C=O) groups is 1. The number of hydrogen-bond donors (Lipinski definition) is 1. The first-order chi connectivity index (χ1) is 9.61. The lowest BCUT2D eigenvalue weighted by molar-refractivity contribution is -0.131. The van der Waals surface area contributed by atoms with Crippen LogP contribution < -0.4 is 4.90 Å². The largest absolute Gasteiger partial charge is 0.478 e. The fourth-order valence-electron chi connectivity index (χ4n) is 2.87. The lowest BCUT2D eigenvalue weighted by Crippen LogP contribution is -2.33. The van der Waals surface area contributed by atoms with Crippen molar-refractivity contribution in [3.8, 4) is 0 Å². The maximum atomic E-state index is 10.5. The summed E-state index contributed by atoms with van der Waals surface area (Å²) in [4.78, 5) is 12.9. The summed E-state index contributed by atoms with van der Waals surface area (Å²) in [6.45, 7) is 3.08. The maximum absolute atomic E-state index is 10.5. The standard InChI is InChI=1S/C16H20ClNO2/c1-2-18(13-5-3-4-6-13)15-9-7-12(11-14(15)17)8-10-16(19)20/h7-11,13H,2-6H2,1H3,(H,19,20)/b10-8+. The van der Waals surface area contributed by atoms with Crippen LogP contribution in [0, 0.1) is 0 Å². The van der Waals surface area contributed by atoms with Crippen LogP contribution in [0.4, 0.5) is 5.69 Å². The highest BCUT2D eigenvalue weighted by atomic mass is 35.5. The van der Waals surface area contributed by atoms with E-state index in [0.29, 0.717) is 11.1 Å². The maximum Gasteiger partial charge on any atom is 0.328 e. The van der Waals surface area contributed by atoms with Gasteiger partial charge in [-0.3, -0.25) is 0 Å². The lowest BCUT2D eigenvalue weighted by atomic mass is 10.1. The highest BCUT2D eigenvalue weighted by Crippen LogP contribution is 2.33. The van der Waals surface area contributed by atoms with E-state index >= 15 is 0 Å². The van der Waals surface area contributed by atoms with Gasteiger partial charge < -0.3 is 10.0 Å². The molecular formula is C16H20ClNO2. The van der Waals surface area contributed by atoms with Crippen LogP contribution in [0.1, 0.15) is 38.2 Å². The zero-order valence-corrected chi connectivity index (χ0v) is 12.4. The highest BCUT2D eigenvalue weighted by molar-refractivity contribution is 6.33. The Morgan fingerprint density at radius 2 is 2.15 bits per heavy atom. The van der Waals surface area contributed by atoms with Gasteiger partial charge in [0.05, 0.1) is 10.7 Å². The van der Waals surface area contributed by atoms with Gasteiger partial charge in [0, 0.05) is 18.7 Å². The number of benzene rings is 1. The van der Waals surface area contributed by atoms with Crippen LogP contribution in [0.5, 0.6) is 0 Å². The average Bonchev–Trinajstić information content (AvgIpc) is 2.93. The number of halogens is 1. The zero-order valence-electron chi connectivity index (χ0n) is 11.7. The predicted octanol–water partition coefficient (Wildman–Crippen LogP) is 4.21. The van der Waals surface area contributed by atoms with Gasteiger partial charge >= 0.3 is 5.97 Å². The molecule has 1 aromatic carbocycles. The Labute approximate surface area is 124 Å². The summed E-state index contributed by atoms with van der Waals surface area (Å²) in [6.07, 6.45) is 7.72. The summed E-state index contributed by atoms with van der Waals surface area (Å²) in [5.41, 5.74) is 1.86. The van der Waals surface area contributed by atoms with Crippen molar-refractivity contribution < 1.29 is 9.90 Å². The van der Waals surface area contributed by atoms with Crippen molar-refractivity contribution in [3.63, 3.8) is 0 Å². The van der Waals surface area contributed by atoms with Crippen molar-refractivity contribution >= 4 is 29.3 Å². The Kier molecular flexibility index (Phi) is 5.07. The van der Waals surface area contributed by atoms with E-state index in [0.717, 1.165) is 23.9 Å². The van der Waals surface area contributed by atoms with Crippen molar-refractivity contribution in [1.82, 2.24) is 0 Å². The first kappa shape index (κ1) is 14.9. The van der Waals surface area contributed by atoms with Gasteiger partial charge in [-0.15, -0.1) is 0 Å². The Bertz CT molecular complexity index is 507. The van der Waals surface area contributed by atoms with Crippen LogP contribution in [0.25, 0.3) is 6.08 Å². The van der Waals surface area contributed by atoms with Crippen molar-refractivity contribution in [1.29, 1.82) is 0 Å². The molecule has 0 saturated heterocycles. The molecule has 1 aromatic rings. The number of aliphatic carboxylic acids is 1. The molecule has 1 aliphatic rings. The lowest BCUT2D eigenvalue weighted by Gasteiger charge is -2.30. The van der Waals surface area contributed by atoms with Gasteiger partial charge in [-0.25, -0.2) is 4.79 Å². The summed E-state index contributed by atoms with van der Waals surface area (Å²) in [6, 6.07) is 6.32. The second-order valence-electron chi connectivity index (χ2n) is 5.11. The summed E-state index contributed by atoms with van der Waals surface area (Å²) in [5.74, 6) is -0.952. The first-order valence-corrected chi connectivity index (χ1v) is 7.47. The van der Waals surface area contributed by atoms with E-state index in [2.05, 4.69) is 11.8 Å². The second kappa shape index (κ2) is 6.80. The van der Waals surface area contributed by atoms with E-state index < -0.39 is 5.97 Å². The van der Waals surface area contributed by atoms with Gasteiger partial charge in [-0.1, -0.05) is 30.5 Å². The normalized spacial score (nSPS) is 15.9. The molecule has 0 unspecified atom stereocenters. The molecule has 3 nitrogen and oxygen atoms in total. The van der Waals surface area contributed by atoms with Crippen molar-refractivity contribution in [2.45, 2.75) is 38.6 Å². The molecule has 0 amide bonds. The summed E-state index contributed by atoms with van der Waals surface area (Å²) in [7, 11) is 0. The number of anilines is 1. The molecule has 20 heavy (non-hydrogen) atoms. The number of rotatable bonds is 5. The van der Waals surface area contributed by atoms with Crippen LogP contribution in [-0.4, -0.2) is 23.7 Å². The van der Waals surface area contributed by atoms with Gasteiger partial charge in [-0.05, 0) is 43.5 Å². The Morgan fingerprint density at radius 3 is 2.70 bits per heavy atom. The van der Waals surface area contributed by atoms with Gasteiger partial charge in [0.2, 0.25) is 0 Å². The van der Waals surface area contributed by atoms with Gasteiger partial charge in [0.15, 0.2) is 0 Å². The highest BCUT2D eigenvalue weighted by Gasteiger charge is 2.22. The van der Waals surface area contributed by atoms with Crippen LogP contribution in [0.15, 0.2) is 24.3 Å². The fraction of sp³-hybridized carbons (Fsp3) is 0.438. The summed E-state index contributed by atoms with van der Waals surface area (Å²) in [5, 5.41) is 9.33. The minimum atomic E-state index is -0.952. The monoisotopic (exact) mass is 293 g/mol. The molecule has 0 radical (unpaired) electrons. The molecule has 0 atom stereocenters. The van der Waals surface area contributed by atoms with Crippen molar-refractivity contribution in [3.05, 3.63) is 34.9 Å². The van der Waals surface area contributed by atoms with E-state index in [-0.39, 0.29) is 0 Å². The molecule has 108 valence electrons. The minimum Gasteiger partial charge on any atom is -0.478 e. The van der Waals surface area contributed by atoms with E-state index in [1.165, 1.54) is 25.7 Å². The van der Waals surface area contributed by atoms with E-state index in [9.17, 15) is 4.79 Å². The van der Waals surface area contributed by atoms with Crippen LogP contribution in [0.2, 0.25) is 5.02 Å². The predicted molar refractivity (Wildman–Crippen MR) is 83.4 cm³/mol. The van der Waals surface area contributed by atoms with Crippen LogP contribution in [0.3, 0.4) is 0 Å². The number of nitrogens with zero attached hydrogens (tertiary/aromatic N) is 1. The minimum absolute atomic E-state index is 0.581. The molecule has 0 bridgehead atoms. The molecule has 4 heteroatoms. The van der Waals surface area contributed by atoms with Crippen LogP contribution >= 0.6 is 11.6 Å². The summed E-state index contributed by atoms with van der Waals surface area (Å²) < 4.78 is 0. The molecule has 0 heterocycles. The zero-order chi connectivity index (χ0) is 14.5. The van der Waals surface area contributed by atoms with E-state index in [1.807, 2.05) is 18.2 Å².